The van der Waals surface area contributed by atoms with Gasteiger partial charge in [0.15, 0.2) is 0 Å². The number of aromatic nitrogens is 4. The van der Waals surface area contributed by atoms with Crippen molar-refractivity contribution in [2.45, 2.75) is 19.0 Å². The maximum atomic E-state index is 12.5. The van der Waals surface area contributed by atoms with Gasteiger partial charge in [0, 0.05) is 26.0 Å². The summed E-state index contributed by atoms with van der Waals surface area (Å²) in [7, 11) is 1.60. The molecule has 2 aromatic heterocycles. The highest BCUT2D eigenvalue weighted by atomic mass is 16.2. The van der Waals surface area contributed by atoms with Crippen LogP contribution in [0, 0.1) is 0 Å². The van der Waals surface area contributed by atoms with E-state index >= 15 is 0 Å². The Balaban J connectivity index is 1.84. The number of amides is 2. The van der Waals surface area contributed by atoms with Crippen LogP contribution in [0.5, 0.6) is 0 Å². The SMILES string of the molecule is CNC(=O)CC1CN(C(=O)c2ccncn2)Cc2ccnn21. The molecule has 0 fully saturated rings. The van der Waals surface area contributed by atoms with E-state index < -0.39 is 0 Å². The Labute approximate surface area is 127 Å². The first-order chi connectivity index (χ1) is 10.7. The predicted molar refractivity (Wildman–Crippen MR) is 76.7 cm³/mol. The molecule has 0 spiro atoms. The molecule has 0 saturated heterocycles. The van der Waals surface area contributed by atoms with Crippen LogP contribution in [0.3, 0.4) is 0 Å². The third kappa shape index (κ3) is 2.67. The second-order valence-corrected chi connectivity index (χ2v) is 5.08. The lowest BCUT2D eigenvalue weighted by Gasteiger charge is -2.33. The highest BCUT2D eigenvalue weighted by Gasteiger charge is 2.30. The van der Waals surface area contributed by atoms with Gasteiger partial charge >= 0.3 is 0 Å². The first-order valence-electron chi connectivity index (χ1n) is 6.97. The van der Waals surface area contributed by atoms with Gasteiger partial charge in [-0.25, -0.2) is 9.97 Å². The molecule has 2 amide bonds. The van der Waals surface area contributed by atoms with Crippen molar-refractivity contribution in [3.05, 3.63) is 42.2 Å². The molecule has 1 unspecified atom stereocenters. The summed E-state index contributed by atoms with van der Waals surface area (Å²) in [4.78, 5) is 33.7. The molecule has 3 rings (SSSR count). The van der Waals surface area contributed by atoms with Crippen LogP contribution < -0.4 is 5.32 Å². The number of hydrogen-bond donors (Lipinski definition) is 1. The van der Waals surface area contributed by atoms with E-state index in [4.69, 9.17) is 0 Å². The van der Waals surface area contributed by atoms with E-state index in [0.29, 0.717) is 18.8 Å². The normalized spacial score (nSPS) is 17.0. The number of nitrogens with zero attached hydrogens (tertiary/aromatic N) is 5. The molecular weight excluding hydrogens is 284 g/mol. The molecule has 8 heteroatoms. The molecule has 22 heavy (non-hydrogen) atoms. The lowest BCUT2D eigenvalue weighted by atomic mass is 10.1. The molecule has 3 heterocycles. The van der Waals surface area contributed by atoms with Gasteiger partial charge in [-0.05, 0) is 12.1 Å². The van der Waals surface area contributed by atoms with E-state index in [1.807, 2.05) is 10.7 Å². The summed E-state index contributed by atoms with van der Waals surface area (Å²) in [5.74, 6) is -0.250. The van der Waals surface area contributed by atoms with E-state index in [-0.39, 0.29) is 24.3 Å². The summed E-state index contributed by atoms with van der Waals surface area (Å²) in [5.41, 5.74) is 1.25. The second-order valence-electron chi connectivity index (χ2n) is 5.08. The minimum atomic E-state index is -0.176. The van der Waals surface area contributed by atoms with Gasteiger partial charge < -0.3 is 10.2 Å². The van der Waals surface area contributed by atoms with Gasteiger partial charge in [-0.3, -0.25) is 14.3 Å². The van der Waals surface area contributed by atoms with Crippen molar-refractivity contribution in [1.82, 2.24) is 30.0 Å². The molecular formula is C14H16N6O2. The lowest BCUT2D eigenvalue weighted by molar-refractivity contribution is -0.121. The van der Waals surface area contributed by atoms with Crippen molar-refractivity contribution >= 4 is 11.8 Å². The van der Waals surface area contributed by atoms with Crippen molar-refractivity contribution in [2.24, 2.45) is 0 Å². The molecule has 8 nitrogen and oxygen atoms in total. The van der Waals surface area contributed by atoms with Crippen LogP contribution in [-0.2, 0) is 11.3 Å². The van der Waals surface area contributed by atoms with Gasteiger partial charge in [0.1, 0.15) is 12.0 Å². The summed E-state index contributed by atoms with van der Waals surface area (Å²) in [6.45, 7) is 0.873. The Bertz CT molecular complexity index is 684. The Morgan fingerprint density at radius 3 is 2.95 bits per heavy atom. The van der Waals surface area contributed by atoms with Crippen LogP contribution in [-0.4, -0.2) is 50.1 Å². The average molecular weight is 300 g/mol. The first-order valence-corrected chi connectivity index (χ1v) is 6.97. The molecule has 0 radical (unpaired) electrons. The standard InChI is InChI=1S/C14H16N6O2/c1-15-13(21)6-11-8-19(7-10-2-5-18-20(10)11)14(22)12-3-4-16-9-17-12/h2-5,9,11H,6-8H2,1H3,(H,15,21). The zero-order chi connectivity index (χ0) is 15.5. The van der Waals surface area contributed by atoms with Crippen LogP contribution in [0.1, 0.15) is 28.6 Å². The number of carbonyl (C=O) groups is 2. The van der Waals surface area contributed by atoms with Crippen LogP contribution in [0.25, 0.3) is 0 Å². The molecule has 1 aliphatic rings. The van der Waals surface area contributed by atoms with Gasteiger partial charge in [0.05, 0.1) is 24.7 Å². The molecule has 1 N–H and O–H groups in total. The molecule has 114 valence electrons. The zero-order valence-electron chi connectivity index (χ0n) is 12.1. The van der Waals surface area contributed by atoms with E-state index in [0.717, 1.165) is 5.69 Å². The summed E-state index contributed by atoms with van der Waals surface area (Å²) in [6.07, 6.45) is 4.85. The van der Waals surface area contributed by atoms with Gasteiger partial charge in [0.25, 0.3) is 5.91 Å². The monoisotopic (exact) mass is 300 g/mol. The number of rotatable bonds is 3. The maximum absolute atomic E-state index is 12.5. The zero-order valence-corrected chi connectivity index (χ0v) is 12.1. The quantitative estimate of drug-likeness (QED) is 0.861. The first kappa shape index (κ1) is 14.2. The fourth-order valence-corrected chi connectivity index (χ4v) is 2.59. The topological polar surface area (TPSA) is 93.0 Å². The van der Waals surface area contributed by atoms with Crippen molar-refractivity contribution in [3.8, 4) is 0 Å². The van der Waals surface area contributed by atoms with Crippen molar-refractivity contribution in [1.29, 1.82) is 0 Å². The van der Waals surface area contributed by atoms with E-state index in [2.05, 4.69) is 20.4 Å². The Kier molecular flexibility index (Phi) is 3.82. The number of nitrogens with one attached hydrogen (secondary N) is 1. The highest BCUT2D eigenvalue weighted by molar-refractivity contribution is 5.92. The summed E-state index contributed by atoms with van der Waals surface area (Å²) < 4.78 is 1.82. The van der Waals surface area contributed by atoms with Crippen LogP contribution in [0.15, 0.2) is 30.9 Å². The van der Waals surface area contributed by atoms with Crippen LogP contribution in [0.4, 0.5) is 0 Å². The third-order valence-corrected chi connectivity index (χ3v) is 3.67. The molecule has 1 aliphatic heterocycles. The second kappa shape index (κ2) is 5.92. The van der Waals surface area contributed by atoms with Gasteiger partial charge in [-0.15, -0.1) is 0 Å². The summed E-state index contributed by atoms with van der Waals surface area (Å²) >= 11 is 0. The summed E-state index contributed by atoms with van der Waals surface area (Å²) in [6, 6.07) is 3.27. The molecule has 1 atom stereocenters. The van der Waals surface area contributed by atoms with Crippen LogP contribution >= 0.6 is 0 Å². The molecule has 0 saturated carbocycles. The van der Waals surface area contributed by atoms with Crippen LogP contribution in [0.2, 0.25) is 0 Å². The molecule has 0 aliphatic carbocycles. The molecule has 0 bridgehead atoms. The van der Waals surface area contributed by atoms with Crippen molar-refractivity contribution in [2.75, 3.05) is 13.6 Å². The Morgan fingerprint density at radius 2 is 2.23 bits per heavy atom. The van der Waals surface area contributed by atoms with Gasteiger partial charge in [-0.1, -0.05) is 0 Å². The summed E-state index contributed by atoms with van der Waals surface area (Å²) in [5, 5.41) is 6.87. The van der Waals surface area contributed by atoms with Gasteiger partial charge in [-0.2, -0.15) is 5.10 Å². The van der Waals surface area contributed by atoms with Gasteiger partial charge in [0.2, 0.25) is 5.91 Å². The minimum absolute atomic E-state index is 0.0808. The largest absolute Gasteiger partial charge is 0.359 e. The maximum Gasteiger partial charge on any atom is 0.272 e. The molecule has 2 aromatic rings. The highest BCUT2D eigenvalue weighted by Crippen LogP contribution is 2.23. The van der Waals surface area contributed by atoms with E-state index in [1.54, 1.807) is 24.2 Å². The van der Waals surface area contributed by atoms with E-state index in [9.17, 15) is 9.59 Å². The third-order valence-electron chi connectivity index (χ3n) is 3.67. The average Bonchev–Trinajstić information content (AvgIpc) is 3.03. The fraction of sp³-hybridized carbons (Fsp3) is 0.357. The number of carbonyl (C=O) groups excluding carboxylic acids is 2. The Morgan fingerprint density at radius 1 is 1.36 bits per heavy atom. The minimum Gasteiger partial charge on any atom is -0.359 e. The number of hydrogen-bond acceptors (Lipinski definition) is 5. The lowest BCUT2D eigenvalue weighted by Crippen LogP contribution is -2.43. The molecule has 0 aromatic carbocycles. The Hall–Kier alpha value is -2.77. The fourth-order valence-electron chi connectivity index (χ4n) is 2.59. The predicted octanol–water partition coefficient (Wildman–Crippen LogP) is 0.00630. The van der Waals surface area contributed by atoms with E-state index in [1.165, 1.54) is 12.5 Å². The van der Waals surface area contributed by atoms with Crippen molar-refractivity contribution in [3.63, 3.8) is 0 Å². The number of fused-ring (bicyclic) bond motifs is 1. The van der Waals surface area contributed by atoms with Crippen molar-refractivity contribution < 1.29 is 9.59 Å². The smallest absolute Gasteiger partial charge is 0.272 e.